The largest absolute Gasteiger partial charge is 0.444 e. The molecular weight excluding hydrogens is 486 g/mol. The zero-order chi connectivity index (χ0) is 28.4. The highest BCUT2D eigenvalue weighted by molar-refractivity contribution is 7.98. The van der Waals surface area contributed by atoms with E-state index in [0.29, 0.717) is 25.1 Å². The van der Waals surface area contributed by atoms with E-state index in [2.05, 4.69) is 23.6 Å². The van der Waals surface area contributed by atoms with Crippen molar-refractivity contribution in [1.29, 1.82) is 0 Å². The van der Waals surface area contributed by atoms with Gasteiger partial charge in [0.2, 0.25) is 11.8 Å². The molecule has 0 aromatic heterocycles. The molecule has 2 unspecified atom stereocenters. The van der Waals surface area contributed by atoms with Crippen LogP contribution in [0.1, 0.15) is 96.9 Å². The molecule has 0 saturated carbocycles. The molecule has 0 aliphatic heterocycles. The minimum atomic E-state index is -0.838. The van der Waals surface area contributed by atoms with E-state index in [1.165, 1.54) is 0 Å². The number of ether oxygens (including phenoxy) is 1. The Morgan fingerprint density at radius 1 is 1.03 bits per heavy atom. The summed E-state index contributed by atoms with van der Waals surface area (Å²) < 4.78 is 5.47. The predicted molar refractivity (Wildman–Crippen MR) is 154 cm³/mol. The number of hydrogen-bond donors (Lipinski definition) is 2. The summed E-state index contributed by atoms with van der Waals surface area (Å²) in [5, 5.41) is 5.87. The first-order valence-electron chi connectivity index (χ1n) is 13.3. The number of nitrogens with zero attached hydrogens (tertiary/aromatic N) is 1. The molecule has 2 atom stereocenters. The van der Waals surface area contributed by atoms with E-state index >= 15 is 0 Å². The normalized spacial score (nSPS) is 13.5. The van der Waals surface area contributed by atoms with Crippen LogP contribution in [0.5, 0.6) is 0 Å². The van der Waals surface area contributed by atoms with Gasteiger partial charge < -0.3 is 20.3 Å². The molecule has 0 heterocycles. The second-order valence-electron chi connectivity index (χ2n) is 11.3. The van der Waals surface area contributed by atoms with Gasteiger partial charge in [0.1, 0.15) is 17.7 Å². The third kappa shape index (κ3) is 10.6. The number of benzene rings is 1. The quantitative estimate of drug-likeness (QED) is 0.306. The van der Waals surface area contributed by atoms with Gasteiger partial charge in [0, 0.05) is 12.1 Å². The number of aryl methyl sites for hydroxylation is 2. The number of thioether (sulfide) groups is 1. The molecule has 1 aromatic carbocycles. The Kier molecular flexibility index (Phi) is 13.0. The van der Waals surface area contributed by atoms with Crippen LogP contribution in [-0.2, 0) is 14.3 Å². The lowest BCUT2D eigenvalue weighted by Crippen LogP contribution is -2.59. The highest BCUT2D eigenvalue weighted by Gasteiger charge is 2.43. The molecule has 1 rings (SSSR count). The van der Waals surface area contributed by atoms with Crippen molar-refractivity contribution in [2.24, 2.45) is 0 Å². The van der Waals surface area contributed by atoms with Crippen molar-refractivity contribution < 1.29 is 19.1 Å². The van der Waals surface area contributed by atoms with E-state index in [0.717, 1.165) is 29.5 Å². The number of carbonyl (C=O) groups is 3. The fourth-order valence-electron chi connectivity index (χ4n) is 4.13. The zero-order valence-corrected chi connectivity index (χ0v) is 25.4. The lowest BCUT2D eigenvalue weighted by molar-refractivity contribution is -0.149. The highest BCUT2D eigenvalue weighted by Crippen LogP contribution is 2.33. The molecule has 210 valence electrons. The fourth-order valence-corrected chi connectivity index (χ4v) is 4.60. The molecule has 0 spiro atoms. The van der Waals surface area contributed by atoms with Gasteiger partial charge in [-0.15, -0.1) is 0 Å². The molecule has 0 aliphatic rings. The molecule has 0 saturated heterocycles. The van der Waals surface area contributed by atoms with Crippen LogP contribution in [-0.4, -0.2) is 58.5 Å². The van der Waals surface area contributed by atoms with Crippen molar-refractivity contribution in [3.63, 3.8) is 0 Å². The Balaban J connectivity index is 3.63. The number of hydrogen-bond acceptors (Lipinski definition) is 5. The second kappa shape index (κ2) is 14.6. The van der Waals surface area contributed by atoms with Crippen molar-refractivity contribution in [2.75, 3.05) is 18.6 Å². The number of nitrogens with one attached hydrogen (secondary N) is 2. The molecule has 3 amide bonds. The maximum atomic E-state index is 14.3. The van der Waals surface area contributed by atoms with Crippen molar-refractivity contribution >= 4 is 29.7 Å². The van der Waals surface area contributed by atoms with Crippen molar-refractivity contribution in [1.82, 2.24) is 15.5 Å². The fraction of sp³-hybridized carbons (Fsp3) is 0.690. The van der Waals surface area contributed by atoms with Crippen molar-refractivity contribution in [3.05, 3.63) is 34.9 Å². The third-order valence-corrected chi connectivity index (χ3v) is 6.89. The summed E-state index contributed by atoms with van der Waals surface area (Å²) >= 11 is 1.60. The first-order valence-corrected chi connectivity index (χ1v) is 14.7. The van der Waals surface area contributed by atoms with E-state index < -0.39 is 29.3 Å². The molecule has 0 bridgehead atoms. The summed E-state index contributed by atoms with van der Waals surface area (Å²) in [6, 6.07) is 4.33. The van der Waals surface area contributed by atoms with Crippen LogP contribution in [0, 0.1) is 13.8 Å². The van der Waals surface area contributed by atoms with Gasteiger partial charge in [0.25, 0.3) is 0 Å². The third-order valence-electron chi connectivity index (χ3n) is 6.25. The van der Waals surface area contributed by atoms with Crippen LogP contribution in [0.3, 0.4) is 0 Å². The minimum absolute atomic E-state index is 0.214. The van der Waals surface area contributed by atoms with E-state index in [4.69, 9.17) is 4.74 Å². The van der Waals surface area contributed by atoms with Gasteiger partial charge in [-0.25, -0.2) is 4.79 Å². The summed E-state index contributed by atoms with van der Waals surface area (Å²) in [6.07, 6.45) is 4.18. The van der Waals surface area contributed by atoms with Crippen LogP contribution >= 0.6 is 11.8 Å². The maximum Gasteiger partial charge on any atom is 0.408 e. The van der Waals surface area contributed by atoms with Gasteiger partial charge in [-0.05, 0) is 85.3 Å². The number of amides is 3. The van der Waals surface area contributed by atoms with E-state index in [-0.39, 0.29) is 11.8 Å². The number of unbranched alkanes of at least 4 members (excludes halogenated alkanes) is 1. The smallest absolute Gasteiger partial charge is 0.408 e. The summed E-state index contributed by atoms with van der Waals surface area (Å²) in [6.45, 7) is 17.9. The van der Waals surface area contributed by atoms with Gasteiger partial charge in [-0.3, -0.25) is 9.59 Å². The summed E-state index contributed by atoms with van der Waals surface area (Å²) in [5.41, 5.74) is 1.46. The number of alkyl carbamates (subject to hydrolysis) is 1. The SMILES string of the molecule is CCCCNC(=O)C(c1cc(C)cc(C)c1)N(C(=O)C(CCSC)NC(=O)OC(C)(C)C)C(C)(C)CC. The highest BCUT2D eigenvalue weighted by atomic mass is 32.2. The predicted octanol–water partition coefficient (Wildman–Crippen LogP) is 5.92. The Bertz CT molecular complexity index is 891. The van der Waals surface area contributed by atoms with Crippen LogP contribution in [0.25, 0.3) is 0 Å². The van der Waals surface area contributed by atoms with Crippen molar-refractivity contribution in [3.8, 4) is 0 Å². The average molecular weight is 536 g/mol. The lowest BCUT2D eigenvalue weighted by Gasteiger charge is -2.44. The molecule has 2 N–H and O–H groups in total. The topological polar surface area (TPSA) is 87.7 Å². The van der Waals surface area contributed by atoms with E-state index in [1.807, 2.05) is 53.0 Å². The van der Waals surface area contributed by atoms with Gasteiger partial charge >= 0.3 is 6.09 Å². The maximum absolute atomic E-state index is 14.3. The van der Waals surface area contributed by atoms with Gasteiger partial charge in [0.05, 0.1) is 0 Å². The van der Waals surface area contributed by atoms with Crippen LogP contribution in [0.4, 0.5) is 4.79 Å². The molecule has 7 nitrogen and oxygen atoms in total. The number of carbonyl (C=O) groups excluding carboxylic acids is 3. The Morgan fingerprint density at radius 2 is 1.62 bits per heavy atom. The molecular formula is C29H49N3O4S. The van der Waals surface area contributed by atoms with Crippen LogP contribution in [0.15, 0.2) is 18.2 Å². The minimum Gasteiger partial charge on any atom is -0.444 e. The van der Waals surface area contributed by atoms with E-state index in [9.17, 15) is 14.4 Å². The van der Waals surface area contributed by atoms with Gasteiger partial charge in [-0.1, -0.05) is 49.6 Å². The first-order chi connectivity index (χ1) is 17.2. The second-order valence-corrected chi connectivity index (χ2v) is 12.3. The van der Waals surface area contributed by atoms with Gasteiger partial charge in [0.15, 0.2) is 0 Å². The Morgan fingerprint density at radius 3 is 2.11 bits per heavy atom. The molecule has 1 aromatic rings. The summed E-state index contributed by atoms with van der Waals surface area (Å²) in [4.78, 5) is 42.5. The Labute approximate surface area is 228 Å². The molecule has 0 aliphatic carbocycles. The monoisotopic (exact) mass is 535 g/mol. The molecule has 37 heavy (non-hydrogen) atoms. The molecule has 0 radical (unpaired) electrons. The first kappa shape index (κ1) is 32.8. The molecule has 0 fully saturated rings. The van der Waals surface area contributed by atoms with Gasteiger partial charge in [-0.2, -0.15) is 11.8 Å². The van der Waals surface area contributed by atoms with Crippen LogP contribution < -0.4 is 10.6 Å². The van der Waals surface area contributed by atoms with E-state index in [1.54, 1.807) is 37.4 Å². The standard InChI is InChI=1S/C29H49N3O4S/c1-11-13-15-30-25(33)24(22-18-20(3)17-21(4)19-22)32(29(8,9)12-2)26(34)23(14-16-37-10)31-27(35)36-28(5,6)7/h17-19,23-24H,11-16H2,1-10H3,(H,30,33)(H,31,35). The summed E-state index contributed by atoms with van der Waals surface area (Å²) in [7, 11) is 0. The Hall–Kier alpha value is -2.22. The van der Waals surface area contributed by atoms with Crippen molar-refractivity contribution in [2.45, 2.75) is 111 Å². The molecule has 8 heteroatoms. The number of rotatable bonds is 13. The van der Waals surface area contributed by atoms with Crippen LogP contribution in [0.2, 0.25) is 0 Å². The lowest BCUT2D eigenvalue weighted by atomic mass is 9.90. The average Bonchev–Trinajstić information content (AvgIpc) is 2.77. The summed E-state index contributed by atoms with van der Waals surface area (Å²) in [5.74, 6) is 0.166. The zero-order valence-electron chi connectivity index (χ0n) is 24.6.